The molecule has 0 rings (SSSR count). The number of nitrogens with zero attached hydrogens (tertiary/aromatic N) is 2. The molecule has 3 nitrogen and oxygen atoms in total. The van der Waals surface area contributed by atoms with Crippen LogP contribution in [-0.2, 0) is 4.74 Å². The minimum absolute atomic E-state index is 0.156. The van der Waals surface area contributed by atoms with E-state index in [-0.39, 0.29) is 5.76 Å². The molecule has 0 saturated heterocycles. The van der Waals surface area contributed by atoms with Crippen molar-refractivity contribution < 1.29 is 4.74 Å². The Bertz CT molecular complexity index is 134. The van der Waals surface area contributed by atoms with E-state index in [1.165, 1.54) is 0 Å². The molecular weight excluding hydrogens is 116 g/mol. The Morgan fingerprint density at radius 2 is 2.33 bits per heavy atom. The molecule has 0 N–H and O–H groups in total. The highest BCUT2D eigenvalue weighted by molar-refractivity contribution is 5.06. The molecule has 9 heavy (non-hydrogen) atoms. The molecule has 0 saturated carbocycles. The summed E-state index contributed by atoms with van der Waals surface area (Å²) in [5, 5.41) is 8.15. The van der Waals surface area contributed by atoms with Crippen LogP contribution in [0.1, 0.15) is 0 Å². The molecule has 0 aliphatic rings. The van der Waals surface area contributed by atoms with Crippen LogP contribution in [0.4, 0.5) is 0 Å². The number of rotatable bonds is 3. The lowest BCUT2D eigenvalue weighted by atomic mass is 10.6. The molecule has 0 atom stereocenters. The summed E-state index contributed by atoms with van der Waals surface area (Å²) in [4.78, 5) is 1.81. The summed E-state index contributed by atoms with van der Waals surface area (Å²) in [7, 11) is 3.70. The first-order chi connectivity index (χ1) is 4.16. The lowest BCUT2D eigenvalue weighted by Crippen LogP contribution is -2.15. The van der Waals surface area contributed by atoms with Gasteiger partial charge in [-0.2, -0.15) is 5.26 Å². The molecule has 0 bridgehead atoms. The number of ether oxygens (including phenoxy) is 1. The lowest BCUT2D eigenvalue weighted by Gasteiger charge is -2.08. The van der Waals surface area contributed by atoms with Gasteiger partial charge in [-0.25, -0.2) is 0 Å². The normalized spacial score (nSPS) is 8.67. The summed E-state index contributed by atoms with van der Waals surface area (Å²) in [5.41, 5.74) is 0. The highest BCUT2D eigenvalue weighted by Gasteiger charge is 1.90. The molecule has 0 heterocycles. The van der Waals surface area contributed by atoms with Crippen LogP contribution in [0.2, 0.25) is 0 Å². The Morgan fingerprint density at radius 1 is 1.78 bits per heavy atom. The van der Waals surface area contributed by atoms with Crippen molar-refractivity contribution in [3.8, 4) is 6.07 Å². The van der Waals surface area contributed by atoms with Crippen LogP contribution in [0.25, 0.3) is 0 Å². The second-order valence-electron chi connectivity index (χ2n) is 1.89. The maximum Gasteiger partial charge on any atom is 0.191 e. The monoisotopic (exact) mass is 126 g/mol. The second-order valence-corrected chi connectivity index (χ2v) is 1.89. The minimum atomic E-state index is 0.156. The molecule has 3 heteroatoms. The van der Waals surface area contributed by atoms with Crippen LogP contribution < -0.4 is 0 Å². The summed E-state index contributed by atoms with van der Waals surface area (Å²) in [6.45, 7) is 3.74. The van der Waals surface area contributed by atoms with Gasteiger partial charge in [0, 0.05) is 0 Å². The number of hydrogen-bond acceptors (Lipinski definition) is 3. The molecule has 0 aromatic rings. The van der Waals surface area contributed by atoms with Gasteiger partial charge in [0.1, 0.15) is 12.8 Å². The van der Waals surface area contributed by atoms with E-state index in [0.717, 1.165) is 0 Å². The predicted octanol–water partition coefficient (Wildman–Crippen LogP) is 0.559. The third-order valence-electron chi connectivity index (χ3n) is 0.622. The van der Waals surface area contributed by atoms with Gasteiger partial charge in [-0.05, 0) is 20.7 Å². The van der Waals surface area contributed by atoms with Crippen LogP contribution in [0.3, 0.4) is 0 Å². The van der Waals surface area contributed by atoms with E-state index >= 15 is 0 Å². The van der Waals surface area contributed by atoms with E-state index in [2.05, 4.69) is 6.58 Å². The molecule has 0 aromatic carbocycles. The zero-order valence-corrected chi connectivity index (χ0v) is 5.72. The van der Waals surface area contributed by atoms with Gasteiger partial charge in [-0.1, -0.05) is 0 Å². The van der Waals surface area contributed by atoms with Gasteiger partial charge in [0.2, 0.25) is 0 Å². The molecule has 0 amide bonds. The topological polar surface area (TPSA) is 36.3 Å². The third-order valence-corrected chi connectivity index (χ3v) is 0.622. The van der Waals surface area contributed by atoms with Crippen molar-refractivity contribution in [2.45, 2.75) is 0 Å². The van der Waals surface area contributed by atoms with E-state index in [1.54, 1.807) is 6.07 Å². The van der Waals surface area contributed by atoms with Crippen molar-refractivity contribution >= 4 is 0 Å². The van der Waals surface area contributed by atoms with Gasteiger partial charge in [0.05, 0.1) is 0 Å². The number of hydrogen-bond donors (Lipinski definition) is 0. The lowest BCUT2D eigenvalue weighted by molar-refractivity contribution is 0.120. The molecule has 0 aliphatic carbocycles. The second kappa shape index (κ2) is 3.93. The highest BCUT2D eigenvalue weighted by atomic mass is 16.5. The van der Waals surface area contributed by atoms with Crippen molar-refractivity contribution in [2.24, 2.45) is 0 Å². The van der Waals surface area contributed by atoms with Crippen LogP contribution in [-0.4, -0.2) is 25.7 Å². The van der Waals surface area contributed by atoms with Gasteiger partial charge >= 0.3 is 0 Å². The Morgan fingerprint density at radius 3 is 2.67 bits per heavy atom. The Kier molecular flexibility index (Phi) is 3.49. The largest absolute Gasteiger partial charge is 0.468 e. The summed E-state index contributed by atoms with van der Waals surface area (Å²) >= 11 is 0. The van der Waals surface area contributed by atoms with E-state index in [9.17, 15) is 0 Å². The zero-order valence-electron chi connectivity index (χ0n) is 5.72. The average Bonchev–Trinajstić information content (AvgIpc) is 1.83. The molecule has 0 aliphatic heterocycles. The molecule has 50 valence electrons. The van der Waals surface area contributed by atoms with E-state index in [0.29, 0.717) is 6.73 Å². The smallest absolute Gasteiger partial charge is 0.191 e. The maximum atomic E-state index is 8.15. The van der Waals surface area contributed by atoms with E-state index in [1.807, 2.05) is 19.0 Å². The van der Waals surface area contributed by atoms with E-state index < -0.39 is 0 Å². The van der Waals surface area contributed by atoms with Gasteiger partial charge < -0.3 is 4.74 Å². The van der Waals surface area contributed by atoms with Crippen LogP contribution in [0.5, 0.6) is 0 Å². The minimum Gasteiger partial charge on any atom is -0.468 e. The summed E-state index contributed by atoms with van der Waals surface area (Å²) in [5.74, 6) is 0.156. The fourth-order valence-corrected chi connectivity index (χ4v) is 0.239. The fourth-order valence-electron chi connectivity index (χ4n) is 0.239. The van der Waals surface area contributed by atoms with Crippen molar-refractivity contribution in [3.63, 3.8) is 0 Å². The van der Waals surface area contributed by atoms with Crippen LogP contribution in [0, 0.1) is 11.3 Å². The molecule has 0 spiro atoms. The Balaban J connectivity index is 3.31. The summed E-state index contributed by atoms with van der Waals surface area (Å²) in [6.07, 6.45) is 0. The number of allylic oxidation sites excluding steroid dienone is 1. The Labute approximate surface area is 55.1 Å². The maximum absolute atomic E-state index is 8.15. The van der Waals surface area contributed by atoms with Crippen LogP contribution >= 0.6 is 0 Å². The van der Waals surface area contributed by atoms with Gasteiger partial charge in [-0.15, -0.1) is 0 Å². The zero-order chi connectivity index (χ0) is 7.28. The fraction of sp³-hybridized carbons (Fsp3) is 0.500. The van der Waals surface area contributed by atoms with Crippen molar-refractivity contribution in [1.82, 2.24) is 4.90 Å². The Hall–Kier alpha value is -1.01. The predicted molar refractivity (Wildman–Crippen MR) is 34.4 cm³/mol. The third kappa shape index (κ3) is 4.85. The van der Waals surface area contributed by atoms with Crippen molar-refractivity contribution in [3.05, 3.63) is 12.3 Å². The average molecular weight is 126 g/mol. The van der Waals surface area contributed by atoms with Gasteiger partial charge in [-0.3, -0.25) is 4.90 Å². The van der Waals surface area contributed by atoms with Crippen LogP contribution in [0.15, 0.2) is 12.3 Å². The molecular formula is C6H10N2O. The van der Waals surface area contributed by atoms with Crippen molar-refractivity contribution in [1.29, 1.82) is 5.26 Å². The standard InChI is InChI=1S/C6H10N2O/c1-6(4-7)9-5-8(2)3/h1,5H2,2-3H3. The van der Waals surface area contributed by atoms with Crippen molar-refractivity contribution in [2.75, 3.05) is 20.8 Å². The quantitative estimate of drug-likeness (QED) is 0.315. The summed E-state index contributed by atoms with van der Waals surface area (Å²) in [6, 6.07) is 1.78. The first-order valence-corrected chi connectivity index (χ1v) is 2.53. The molecule has 0 fully saturated rings. The van der Waals surface area contributed by atoms with E-state index in [4.69, 9.17) is 10.00 Å². The highest BCUT2D eigenvalue weighted by Crippen LogP contribution is 1.89. The number of nitriles is 1. The summed E-state index contributed by atoms with van der Waals surface area (Å²) < 4.78 is 4.82. The molecule has 0 aromatic heterocycles. The SMILES string of the molecule is C=C(C#N)OCN(C)C. The first kappa shape index (κ1) is 7.99. The first-order valence-electron chi connectivity index (χ1n) is 2.53. The van der Waals surface area contributed by atoms with Gasteiger partial charge in [0.25, 0.3) is 0 Å². The van der Waals surface area contributed by atoms with Gasteiger partial charge in [0.15, 0.2) is 5.76 Å². The molecule has 0 radical (unpaired) electrons. The molecule has 0 unspecified atom stereocenters.